The molecule has 1 aliphatic heterocycles. The van der Waals surface area contributed by atoms with E-state index in [1.165, 1.54) is 6.33 Å². The van der Waals surface area contributed by atoms with Crippen LogP contribution in [-0.4, -0.2) is 69.2 Å². The first-order valence-electron chi connectivity index (χ1n) is 10.6. The molecule has 0 saturated carbocycles. The summed E-state index contributed by atoms with van der Waals surface area (Å²) in [7, 11) is 0. The average molecular weight is 456 g/mol. The van der Waals surface area contributed by atoms with Crippen LogP contribution in [0.2, 0.25) is 5.02 Å². The fraction of sp³-hybridized carbons (Fsp3) is 0.364. The topological polar surface area (TPSA) is 91.9 Å². The van der Waals surface area contributed by atoms with Crippen molar-refractivity contribution in [3.8, 4) is 0 Å². The van der Waals surface area contributed by atoms with Crippen molar-refractivity contribution >= 4 is 39.4 Å². The van der Waals surface area contributed by atoms with Gasteiger partial charge in [0.1, 0.15) is 11.8 Å². The third kappa shape index (κ3) is 4.23. The van der Waals surface area contributed by atoms with E-state index in [0.717, 1.165) is 44.1 Å². The van der Waals surface area contributed by atoms with Crippen molar-refractivity contribution in [2.24, 2.45) is 0 Å². The Balaban J connectivity index is 1.38. The molecular weight excluding hydrogens is 433 g/mol. The zero-order chi connectivity index (χ0) is 21.9. The second-order valence-corrected chi connectivity index (χ2v) is 8.09. The van der Waals surface area contributed by atoms with Gasteiger partial charge in [0.2, 0.25) is 0 Å². The van der Waals surface area contributed by atoms with E-state index in [9.17, 15) is 0 Å². The van der Waals surface area contributed by atoms with E-state index >= 15 is 4.39 Å². The molecular formula is C22H23ClFN7O. The largest absolute Gasteiger partial charge is 0.379 e. The van der Waals surface area contributed by atoms with E-state index in [1.807, 2.05) is 0 Å². The molecule has 3 aromatic heterocycles. The number of nitrogens with one attached hydrogen (secondary N) is 2. The normalized spacial score (nSPS) is 14.9. The molecule has 0 unspecified atom stereocenters. The van der Waals surface area contributed by atoms with E-state index in [1.54, 1.807) is 24.5 Å². The molecule has 0 amide bonds. The molecule has 1 fully saturated rings. The number of ether oxygens (including phenoxy) is 1. The Morgan fingerprint density at radius 2 is 2.00 bits per heavy atom. The van der Waals surface area contributed by atoms with Gasteiger partial charge >= 0.3 is 0 Å². The highest BCUT2D eigenvalue weighted by Crippen LogP contribution is 2.30. The molecule has 0 bridgehead atoms. The Kier molecular flexibility index (Phi) is 6.11. The number of anilines is 1. The Morgan fingerprint density at radius 1 is 1.12 bits per heavy atom. The molecule has 10 heteroatoms. The van der Waals surface area contributed by atoms with Crippen molar-refractivity contribution in [3.63, 3.8) is 0 Å². The lowest BCUT2D eigenvalue weighted by molar-refractivity contribution is 0.0384. The number of nitrogens with zero attached hydrogens (tertiary/aromatic N) is 5. The van der Waals surface area contributed by atoms with Crippen LogP contribution in [0.3, 0.4) is 0 Å². The SMILES string of the molecule is Fc1c(CCNc2ncnc3nc[nH]c23)nc(CCN2CCOCC2)c2c(Cl)cccc12. The smallest absolute Gasteiger partial charge is 0.182 e. The quantitative estimate of drug-likeness (QED) is 0.442. The van der Waals surface area contributed by atoms with Gasteiger partial charge in [-0.2, -0.15) is 0 Å². The lowest BCUT2D eigenvalue weighted by Gasteiger charge is -2.26. The number of aromatic amines is 1. The van der Waals surface area contributed by atoms with Gasteiger partial charge in [-0.25, -0.2) is 19.3 Å². The fourth-order valence-electron chi connectivity index (χ4n) is 4.06. The van der Waals surface area contributed by atoms with Crippen LogP contribution in [0.5, 0.6) is 0 Å². The van der Waals surface area contributed by atoms with Crippen molar-refractivity contribution in [1.82, 2.24) is 29.8 Å². The molecule has 0 atom stereocenters. The molecule has 0 radical (unpaired) electrons. The summed E-state index contributed by atoms with van der Waals surface area (Å²) in [6, 6.07) is 5.33. The van der Waals surface area contributed by atoms with Crippen molar-refractivity contribution in [2.45, 2.75) is 12.8 Å². The monoisotopic (exact) mass is 455 g/mol. The molecule has 166 valence electrons. The van der Waals surface area contributed by atoms with E-state index in [-0.39, 0.29) is 5.82 Å². The van der Waals surface area contributed by atoms with Crippen LogP contribution >= 0.6 is 11.6 Å². The van der Waals surface area contributed by atoms with Crippen LogP contribution < -0.4 is 5.32 Å². The van der Waals surface area contributed by atoms with Gasteiger partial charge < -0.3 is 15.0 Å². The minimum absolute atomic E-state index is 0.325. The van der Waals surface area contributed by atoms with Gasteiger partial charge in [-0.3, -0.25) is 9.88 Å². The minimum Gasteiger partial charge on any atom is -0.379 e. The van der Waals surface area contributed by atoms with Gasteiger partial charge in [0.15, 0.2) is 17.3 Å². The fourth-order valence-corrected chi connectivity index (χ4v) is 4.34. The van der Waals surface area contributed by atoms with Gasteiger partial charge in [-0.05, 0) is 6.07 Å². The van der Waals surface area contributed by atoms with Crippen molar-refractivity contribution < 1.29 is 9.13 Å². The van der Waals surface area contributed by atoms with E-state index < -0.39 is 0 Å². The van der Waals surface area contributed by atoms with Crippen LogP contribution in [-0.2, 0) is 17.6 Å². The molecule has 1 saturated heterocycles. The molecule has 4 heterocycles. The van der Waals surface area contributed by atoms with E-state index in [4.69, 9.17) is 21.3 Å². The number of imidazole rings is 1. The molecule has 4 aromatic rings. The third-order valence-electron chi connectivity index (χ3n) is 5.71. The number of rotatable bonds is 7. The summed E-state index contributed by atoms with van der Waals surface area (Å²) in [5.74, 6) is 0.304. The lowest BCUT2D eigenvalue weighted by atomic mass is 10.0. The number of fused-ring (bicyclic) bond motifs is 2. The lowest BCUT2D eigenvalue weighted by Crippen LogP contribution is -2.37. The van der Waals surface area contributed by atoms with Gasteiger partial charge in [0.05, 0.1) is 36.0 Å². The molecule has 5 rings (SSSR count). The Labute approximate surface area is 189 Å². The van der Waals surface area contributed by atoms with Crippen LogP contribution in [0.25, 0.3) is 21.9 Å². The first kappa shape index (κ1) is 21.0. The number of benzene rings is 1. The molecule has 32 heavy (non-hydrogen) atoms. The maximum atomic E-state index is 15.3. The summed E-state index contributed by atoms with van der Waals surface area (Å²) in [6.45, 7) is 4.56. The Bertz CT molecular complexity index is 1240. The Hall–Kier alpha value is -2.88. The first-order chi connectivity index (χ1) is 15.7. The number of H-pyrrole nitrogens is 1. The highest BCUT2D eigenvalue weighted by atomic mass is 35.5. The summed E-state index contributed by atoms with van der Waals surface area (Å²) >= 11 is 6.46. The summed E-state index contributed by atoms with van der Waals surface area (Å²) < 4.78 is 20.8. The maximum absolute atomic E-state index is 15.3. The highest BCUT2D eigenvalue weighted by molar-refractivity contribution is 6.35. The predicted molar refractivity (Wildman–Crippen MR) is 122 cm³/mol. The molecule has 2 N–H and O–H groups in total. The van der Waals surface area contributed by atoms with E-state index in [0.29, 0.717) is 52.3 Å². The molecule has 0 spiro atoms. The molecule has 1 aliphatic rings. The number of halogens is 2. The third-order valence-corrected chi connectivity index (χ3v) is 6.02. The van der Waals surface area contributed by atoms with Crippen molar-refractivity contribution in [3.05, 3.63) is 53.1 Å². The molecule has 0 aliphatic carbocycles. The van der Waals surface area contributed by atoms with Gasteiger partial charge in [0.25, 0.3) is 0 Å². The minimum atomic E-state index is -0.325. The van der Waals surface area contributed by atoms with Crippen molar-refractivity contribution in [2.75, 3.05) is 44.7 Å². The average Bonchev–Trinajstić information content (AvgIpc) is 3.30. The summed E-state index contributed by atoms with van der Waals surface area (Å²) in [5, 5.41) is 4.97. The second kappa shape index (κ2) is 9.32. The summed E-state index contributed by atoms with van der Waals surface area (Å²) in [5.41, 5.74) is 2.54. The zero-order valence-electron chi connectivity index (χ0n) is 17.4. The van der Waals surface area contributed by atoms with Crippen LogP contribution in [0.15, 0.2) is 30.9 Å². The van der Waals surface area contributed by atoms with Gasteiger partial charge in [-0.15, -0.1) is 0 Å². The number of hydrogen-bond donors (Lipinski definition) is 2. The number of morpholine rings is 1. The van der Waals surface area contributed by atoms with Crippen LogP contribution in [0, 0.1) is 5.82 Å². The predicted octanol–water partition coefficient (Wildman–Crippen LogP) is 3.22. The first-order valence-corrected chi connectivity index (χ1v) is 11.0. The summed E-state index contributed by atoms with van der Waals surface area (Å²) in [6.07, 6.45) is 4.12. The van der Waals surface area contributed by atoms with Crippen LogP contribution in [0.1, 0.15) is 11.4 Å². The molecule has 1 aromatic carbocycles. The molecule has 8 nitrogen and oxygen atoms in total. The highest BCUT2D eigenvalue weighted by Gasteiger charge is 2.18. The Morgan fingerprint density at radius 3 is 2.88 bits per heavy atom. The number of hydrogen-bond acceptors (Lipinski definition) is 7. The number of pyridine rings is 1. The van der Waals surface area contributed by atoms with Crippen LogP contribution in [0.4, 0.5) is 10.2 Å². The zero-order valence-corrected chi connectivity index (χ0v) is 18.2. The maximum Gasteiger partial charge on any atom is 0.182 e. The van der Waals surface area contributed by atoms with E-state index in [2.05, 4.69) is 30.2 Å². The van der Waals surface area contributed by atoms with Crippen molar-refractivity contribution in [1.29, 1.82) is 0 Å². The standard InChI is InChI=1S/C22H23ClFN7O/c23-15-3-1-2-14-18(15)16(5-7-31-8-10-32-11-9-31)30-17(19(14)24)4-6-25-21-20-22(27-12-26-20)29-13-28-21/h1-3,12-13H,4-11H2,(H2,25,26,27,28,29). The second-order valence-electron chi connectivity index (χ2n) is 7.69. The van der Waals surface area contributed by atoms with Gasteiger partial charge in [0, 0.05) is 49.8 Å². The number of aromatic nitrogens is 5. The summed E-state index contributed by atoms with van der Waals surface area (Å²) in [4.78, 5) is 22.6. The van der Waals surface area contributed by atoms with Gasteiger partial charge in [-0.1, -0.05) is 23.7 Å².